The summed E-state index contributed by atoms with van der Waals surface area (Å²) < 4.78 is 23.5. The van der Waals surface area contributed by atoms with Crippen LogP contribution in [0.15, 0.2) is 24.3 Å². The highest BCUT2D eigenvalue weighted by molar-refractivity contribution is 6.62. The van der Waals surface area contributed by atoms with E-state index in [0.29, 0.717) is 26.4 Å². The summed E-state index contributed by atoms with van der Waals surface area (Å²) in [6, 6.07) is 7.80. The number of benzene rings is 1. The number of hydrogen-bond acceptors (Lipinski definition) is 5. The molecule has 7 heteroatoms. The molecule has 2 heterocycles. The minimum absolute atomic E-state index is 0.00929. The molecule has 0 N–H and O–H groups in total. The minimum atomic E-state index is -0.499. The highest BCUT2D eigenvalue weighted by Crippen LogP contribution is 2.24. The number of para-hydroxylation sites is 1. The molecule has 2 fully saturated rings. The van der Waals surface area contributed by atoms with E-state index in [9.17, 15) is 4.79 Å². The molecule has 1 unspecified atom stereocenters. The second kappa shape index (κ2) is 8.33. The summed E-state index contributed by atoms with van der Waals surface area (Å²) in [5.41, 5.74) is 0.408. The molecule has 1 aromatic rings. The maximum Gasteiger partial charge on any atom is 0.497 e. The number of rotatable bonds is 4. The smallest absolute Gasteiger partial charge is 0.492 e. The normalized spacial score (nSPS) is 22.2. The third-order valence-electron chi connectivity index (χ3n) is 4.86. The van der Waals surface area contributed by atoms with Crippen LogP contribution in [0.1, 0.15) is 47.5 Å². The van der Waals surface area contributed by atoms with E-state index in [1.54, 1.807) is 4.90 Å². The van der Waals surface area contributed by atoms with Crippen LogP contribution >= 0.6 is 0 Å². The van der Waals surface area contributed by atoms with Crippen molar-refractivity contribution in [1.29, 1.82) is 0 Å². The molecule has 2 saturated heterocycles. The van der Waals surface area contributed by atoms with Crippen molar-refractivity contribution in [2.75, 3.05) is 26.4 Å². The highest BCUT2D eigenvalue weighted by Gasteiger charge is 2.36. The van der Waals surface area contributed by atoms with Gasteiger partial charge in [0.05, 0.1) is 6.04 Å². The molecule has 0 spiro atoms. The van der Waals surface area contributed by atoms with E-state index in [-0.39, 0.29) is 17.6 Å². The number of nitrogens with zero attached hydrogens (tertiary/aromatic N) is 1. The van der Waals surface area contributed by atoms with E-state index >= 15 is 0 Å². The van der Waals surface area contributed by atoms with Crippen LogP contribution in [0.25, 0.3) is 0 Å². The Bertz CT molecular complexity index is 678. The van der Waals surface area contributed by atoms with Gasteiger partial charge in [-0.3, -0.25) is 0 Å². The van der Waals surface area contributed by atoms with Crippen molar-refractivity contribution in [3.63, 3.8) is 0 Å². The van der Waals surface area contributed by atoms with E-state index < -0.39 is 12.7 Å². The van der Waals surface area contributed by atoms with Gasteiger partial charge in [-0.2, -0.15) is 0 Å². The Balaban J connectivity index is 1.62. The molecule has 0 saturated carbocycles. The molecule has 2 aliphatic rings. The Kier molecular flexibility index (Phi) is 6.25. The van der Waals surface area contributed by atoms with E-state index in [1.165, 1.54) is 0 Å². The predicted molar refractivity (Wildman–Crippen MR) is 109 cm³/mol. The number of likely N-dealkylation sites (tertiary alicyclic amines) is 1. The fraction of sp³-hybridized carbons (Fsp3) is 0.667. The monoisotopic (exact) mass is 389 g/mol. The molecule has 2 aliphatic heterocycles. The first-order valence-electron chi connectivity index (χ1n) is 10.1. The van der Waals surface area contributed by atoms with Gasteiger partial charge in [-0.15, -0.1) is 0 Å². The lowest BCUT2D eigenvalue weighted by Gasteiger charge is -2.33. The Morgan fingerprint density at radius 3 is 2.61 bits per heavy atom. The van der Waals surface area contributed by atoms with Gasteiger partial charge in [0.1, 0.15) is 18.0 Å². The van der Waals surface area contributed by atoms with Crippen molar-refractivity contribution in [3.05, 3.63) is 24.3 Å². The molecule has 0 aliphatic carbocycles. The van der Waals surface area contributed by atoms with Crippen molar-refractivity contribution >= 4 is 18.7 Å². The first-order valence-corrected chi connectivity index (χ1v) is 10.1. The summed E-state index contributed by atoms with van der Waals surface area (Å²) in [6.07, 6.45) is 1.60. The van der Waals surface area contributed by atoms with Gasteiger partial charge in [0, 0.05) is 30.6 Å². The largest absolute Gasteiger partial charge is 0.497 e. The van der Waals surface area contributed by atoms with Gasteiger partial charge in [-0.25, -0.2) is 4.79 Å². The zero-order valence-electron chi connectivity index (χ0n) is 17.7. The molecule has 6 nitrogen and oxygen atoms in total. The maximum absolute atomic E-state index is 12.5. The summed E-state index contributed by atoms with van der Waals surface area (Å²) in [6.45, 7) is 12.3. The van der Waals surface area contributed by atoms with Crippen LogP contribution < -0.4 is 10.2 Å². The molecule has 0 bridgehead atoms. The number of amides is 1. The molecule has 0 radical (unpaired) electrons. The fourth-order valence-electron chi connectivity index (χ4n) is 3.43. The Hall–Kier alpha value is -1.73. The standard InChI is InChI=1S/C21H32BNO5/c1-20(2,3)28-19(24)23-12-8-9-16(23)13-25-18-11-7-6-10-17(18)22-26-14-21(4,5)15-27-22/h6-7,10-11,16H,8-9,12-15H2,1-5H3. The van der Waals surface area contributed by atoms with Crippen molar-refractivity contribution in [2.24, 2.45) is 5.41 Å². The van der Waals surface area contributed by atoms with Crippen molar-refractivity contribution in [3.8, 4) is 5.75 Å². The zero-order chi connectivity index (χ0) is 20.4. The van der Waals surface area contributed by atoms with Crippen molar-refractivity contribution in [1.82, 2.24) is 4.90 Å². The molecule has 1 atom stereocenters. The summed E-state index contributed by atoms with van der Waals surface area (Å²) >= 11 is 0. The van der Waals surface area contributed by atoms with Gasteiger partial charge in [-0.05, 0) is 39.7 Å². The fourth-order valence-corrected chi connectivity index (χ4v) is 3.43. The summed E-state index contributed by atoms with van der Waals surface area (Å²) in [5.74, 6) is 0.739. The van der Waals surface area contributed by atoms with Crippen molar-refractivity contribution in [2.45, 2.75) is 59.1 Å². The van der Waals surface area contributed by atoms with Crippen LogP contribution in [0.5, 0.6) is 5.75 Å². The van der Waals surface area contributed by atoms with Gasteiger partial charge in [0.15, 0.2) is 0 Å². The average Bonchev–Trinajstić information content (AvgIpc) is 3.08. The summed E-state index contributed by atoms with van der Waals surface area (Å²) in [4.78, 5) is 14.2. The van der Waals surface area contributed by atoms with E-state index in [0.717, 1.165) is 24.1 Å². The lowest BCUT2D eigenvalue weighted by Crippen LogP contribution is -2.48. The zero-order valence-corrected chi connectivity index (χ0v) is 17.7. The molecular formula is C21H32BNO5. The number of carbonyl (C=O) groups excluding carboxylic acids is 1. The van der Waals surface area contributed by atoms with Crippen LogP contribution in [0.4, 0.5) is 4.79 Å². The van der Waals surface area contributed by atoms with E-state index in [2.05, 4.69) is 13.8 Å². The lowest BCUT2D eigenvalue weighted by molar-refractivity contribution is 0.0186. The first kappa shape index (κ1) is 21.0. The Morgan fingerprint density at radius 1 is 1.25 bits per heavy atom. The minimum Gasteiger partial charge on any atom is -0.492 e. The summed E-state index contributed by atoms with van der Waals surface area (Å²) in [7, 11) is -0.422. The van der Waals surface area contributed by atoms with Crippen LogP contribution in [0.2, 0.25) is 0 Å². The Labute approximate surface area is 168 Å². The molecule has 1 amide bonds. The quantitative estimate of drug-likeness (QED) is 0.740. The molecule has 28 heavy (non-hydrogen) atoms. The van der Waals surface area contributed by atoms with Crippen molar-refractivity contribution < 1.29 is 23.6 Å². The summed E-state index contributed by atoms with van der Waals surface area (Å²) in [5, 5.41) is 0. The topological polar surface area (TPSA) is 57.2 Å². The van der Waals surface area contributed by atoms with Crippen LogP contribution in [-0.2, 0) is 14.0 Å². The van der Waals surface area contributed by atoms with Crippen LogP contribution in [-0.4, -0.2) is 56.1 Å². The van der Waals surface area contributed by atoms with E-state index in [4.69, 9.17) is 18.8 Å². The van der Waals surface area contributed by atoms with Crippen LogP contribution in [0.3, 0.4) is 0 Å². The molecule has 154 valence electrons. The van der Waals surface area contributed by atoms with Gasteiger partial charge < -0.3 is 23.7 Å². The molecule has 1 aromatic carbocycles. The van der Waals surface area contributed by atoms with Gasteiger partial charge in [0.25, 0.3) is 0 Å². The molecule has 3 rings (SSSR count). The third kappa shape index (κ3) is 5.42. The van der Waals surface area contributed by atoms with E-state index in [1.807, 2.05) is 45.0 Å². The first-order chi connectivity index (χ1) is 13.1. The Morgan fingerprint density at radius 2 is 1.93 bits per heavy atom. The highest BCUT2D eigenvalue weighted by atomic mass is 16.6. The SMILES string of the molecule is CC1(C)COB(c2ccccc2OCC2CCCN2C(=O)OC(C)(C)C)OC1. The third-order valence-corrected chi connectivity index (χ3v) is 4.86. The van der Waals surface area contributed by atoms with Crippen LogP contribution in [0, 0.1) is 5.41 Å². The molecular weight excluding hydrogens is 357 g/mol. The second-order valence-electron chi connectivity index (χ2n) is 9.44. The number of hydrogen-bond donors (Lipinski definition) is 0. The average molecular weight is 389 g/mol. The van der Waals surface area contributed by atoms with Gasteiger partial charge in [-0.1, -0.05) is 32.0 Å². The van der Waals surface area contributed by atoms with Gasteiger partial charge in [0.2, 0.25) is 0 Å². The van der Waals surface area contributed by atoms with Gasteiger partial charge >= 0.3 is 13.2 Å². The molecule has 0 aromatic heterocycles. The number of ether oxygens (including phenoxy) is 2. The lowest BCUT2D eigenvalue weighted by atomic mass is 9.75. The number of carbonyl (C=O) groups is 1. The second-order valence-corrected chi connectivity index (χ2v) is 9.44. The maximum atomic E-state index is 12.5. The predicted octanol–water partition coefficient (Wildman–Crippen LogP) is 3.23.